The number of rotatable bonds is 0. The summed E-state index contributed by atoms with van der Waals surface area (Å²) < 4.78 is 0. The minimum atomic E-state index is 0. The molecular weight excluding hydrogens is 315 g/mol. The maximum atomic E-state index is 2.27. The van der Waals surface area contributed by atoms with Crippen LogP contribution in [0.15, 0.2) is 24.3 Å². The predicted octanol–water partition coefficient (Wildman–Crippen LogP) is 3.94. The molecule has 0 amide bonds. The van der Waals surface area contributed by atoms with E-state index in [-0.39, 0.29) is 35.9 Å². The van der Waals surface area contributed by atoms with Crippen molar-refractivity contribution in [2.24, 2.45) is 0 Å². The zero-order valence-electron chi connectivity index (χ0n) is 5.45. The van der Waals surface area contributed by atoms with Gasteiger partial charge in [0.05, 0.1) is 0 Å². The molecule has 1 aliphatic rings. The van der Waals surface area contributed by atoms with Gasteiger partial charge in [-0.1, -0.05) is 39.2 Å². The Labute approximate surface area is 86.0 Å². The van der Waals surface area contributed by atoms with Gasteiger partial charge in [-0.15, -0.1) is 0 Å². The van der Waals surface area contributed by atoms with Gasteiger partial charge in [0.15, 0.2) is 0 Å². The van der Waals surface area contributed by atoms with Crippen LogP contribution in [0.5, 0.6) is 0 Å². The second-order valence-corrected chi connectivity index (χ2v) is 2.10. The Kier molecular flexibility index (Phi) is 20.2. The first-order chi connectivity index (χ1) is 4.00. The first-order valence-electron chi connectivity index (χ1n) is 3.30. The summed E-state index contributed by atoms with van der Waals surface area (Å²) in [6.45, 7) is 0. The zero-order valence-corrected chi connectivity index (χ0v) is 7.73. The molecular formula is C10H20Pt. The van der Waals surface area contributed by atoms with E-state index in [2.05, 4.69) is 24.3 Å². The van der Waals surface area contributed by atoms with Gasteiger partial charge in [-0.2, -0.15) is 0 Å². The topological polar surface area (TPSA) is 0 Å². The minimum absolute atomic E-state index is 0. The summed E-state index contributed by atoms with van der Waals surface area (Å²) in [4.78, 5) is 0. The molecule has 1 aliphatic carbocycles. The van der Waals surface area contributed by atoms with Crippen molar-refractivity contribution in [1.29, 1.82) is 0 Å². The van der Waals surface area contributed by atoms with Crippen molar-refractivity contribution in [1.82, 2.24) is 0 Å². The molecule has 0 aliphatic heterocycles. The molecule has 0 bridgehead atoms. The van der Waals surface area contributed by atoms with Crippen LogP contribution >= 0.6 is 0 Å². The van der Waals surface area contributed by atoms with Gasteiger partial charge in [-0.05, 0) is 25.7 Å². The summed E-state index contributed by atoms with van der Waals surface area (Å²) in [6, 6.07) is 0. The van der Waals surface area contributed by atoms with Crippen LogP contribution in [-0.2, 0) is 21.1 Å². The second-order valence-electron chi connectivity index (χ2n) is 2.10. The van der Waals surface area contributed by atoms with Crippen LogP contribution in [0.3, 0.4) is 0 Å². The van der Waals surface area contributed by atoms with E-state index < -0.39 is 0 Å². The zero-order chi connectivity index (χ0) is 5.66. The predicted molar refractivity (Wildman–Crippen MR) is 50.2 cm³/mol. The monoisotopic (exact) mass is 335 g/mol. The number of allylic oxidation sites excluding steroid dienone is 4. The molecule has 70 valence electrons. The largest absolute Gasteiger partial charge is 0.0882 e. The molecule has 0 aromatic heterocycles. The van der Waals surface area contributed by atoms with Crippen LogP contribution in [0.4, 0.5) is 0 Å². The SMILES string of the molecule is C.C.C1=CCCC=CCC1.[Pt]. The molecule has 1 rings (SSSR count). The van der Waals surface area contributed by atoms with Crippen LogP contribution in [0, 0.1) is 0 Å². The Morgan fingerprint density at radius 1 is 0.545 bits per heavy atom. The fourth-order valence-electron chi connectivity index (χ4n) is 0.856. The number of hydrogen-bond donors (Lipinski definition) is 0. The van der Waals surface area contributed by atoms with Crippen LogP contribution in [0.25, 0.3) is 0 Å². The Balaban J connectivity index is -0.000000213. The summed E-state index contributed by atoms with van der Waals surface area (Å²) in [5, 5.41) is 0. The van der Waals surface area contributed by atoms with Crippen molar-refractivity contribution in [2.45, 2.75) is 40.5 Å². The molecule has 0 spiro atoms. The fraction of sp³-hybridized carbons (Fsp3) is 0.600. The standard InChI is InChI=1S/C8H12.2CH4.Pt/c1-2-4-6-8-7-5-3-1;;;/h1-2,7-8H,3-6H2;2*1H4;. The first kappa shape index (κ1) is 17.3. The Morgan fingerprint density at radius 2 is 0.727 bits per heavy atom. The molecule has 0 unspecified atom stereocenters. The third-order valence-electron chi connectivity index (χ3n) is 1.33. The molecule has 0 aromatic rings. The van der Waals surface area contributed by atoms with Crippen molar-refractivity contribution in [3.8, 4) is 0 Å². The van der Waals surface area contributed by atoms with Crippen LogP contribution in [0.2, 0.25) is 0 Å². The molecule has 0 radical (unpaired) electrons. The number of hydrogen-bond acceptors (Lipinski definition) is 0. The van der Waals surface area contributed by atoms with E-state index in [4.69, 9.17) is 0 Å². The van der Waals surface area contributed by atoms with Crippen molar-refractivity contribution in [3.63, 3.8) is 0 Å². The molecule has 0 nitrogen and oxygen atoms in total. The van der Waals surface area contributed by atoms with Gasteiger partial charge in [0, 0.05) is 21.1 Å². The van der Waals surface area contributed by atoms with E-state index in [1.807, 2.05) is 0 Å². The van der Waals surface area contributed by atoms with Crippen LogP contribution < -0.4 is 0 Å². The van der Waals surface area contributed by atoms with Gasteiger partial charge in [0.2, 0.25) is 0 Å². The van der Waals surface area contributed by atoms with Gasteiger partial charge in [-0.3, -0.25) is 0 Å². The molecule has 0 fully saturated rings. The van der Waals surface area contributed by atoms with Crippen molar-refractivity contribution in [3.05, 3.63) is 24.3 Å². The van der Waals surface area contributed by atoms with Crippen molar-refractivity contribution >= 4 is 0 Å². The third kappa shape index (κ3) is 10.2. The summed E-state index contributed by atoms with van der Waals surface area (Å²) in [5.74, 6) is 0. The molecule has 1 heteroatoms. The smallest absolute Gasteiger partial charge is 0 e. The first-order valence-corrected chi connectivity index (χ1v) is 3.30. The second kappa shape index (κ2) is 12.8. The third-order valence-corrected chi connectivity index (χ3v) is 1.33. The average Bonchev–Trinajstić information content (AvgIpc) is 1.62. The molecule has 0 aromatic carbocycles. The van der Waals surface area contributed by atoms with Crippen molar-refractivity contribution < 1.29 is 21.1 Å². The maximum absolute atomic E-state index is 2.27. The maximum Gasteiger partial charge on any atom is 0 e. The quantitative estimate of drug-likeness (QED) is 0.588. The van der Waals surface area contributed by atoms with E-state index in [0.717, 1.165) is 0 Å². The molecule has 0 saturated heterocycles. The molecule has 11 heavy (non-hydrogen) atoms. The Hall–Kier alpha value is 0.168. The Morgan fingerprint density at radius 3 is 0.909 bits per heavy atom. The van der Waals surface area contributed by atoms with Gasteiger partial charge in [0.25, 0.3) is 0 Å². The van der Waals surface area contributed by atoms with E-state index in [1.165, 1.54) is 25.7 Å². The van der Waals surface area contributed by atoms with Gasteiger partial charge < -0.3 is 0 Å². The van der Waals surface area contributed by atoms with Gasteiger partial charge >= 0.3 is 0 Å². The van der Waals surface area contributed by atoms with E-state index in [1.54, 1.807) is 0 Å². The van der Waals surface area contributed by atoms with Crippen molar-refractivity contribution in [2.75, 3.05) is 0 Å². The summed E-state index contributed by atoms with van der Waals surface area (Å²) >= 11 is 0. The molecule has 0 saturated carbocycles. The molecule has 0 atom stereocenters. The minimum Gasteiger partial charge on any atom is -0.0882 e. The van der Waals surface area contributed by atoms with Crippen LogP contribution in [-0.4, -0.2) is 0 Å². The van der Waals surface area contributed by atoms with E-state index in [9.17, 15) is 0 Å². The summed E-state index contributed by atoms with van der Waals surface area (Å²) in [7, 11) is 0. The van der Waals surface area contributed by atoms with E-state index >= 15 is 0 Å². The molecule has 0 N–H and O–H groups in total. The van der Waals surface area contributed by atoms with Gasteiger partial charge in [-0.25, -0.2) is 0 Å². The molecule has 0 heterocycles. The van der Waals surface area contributed by atoms with Gasteiger partial charge in [0.1, 0.15) is 0 Å². The summed E-state index contributed by atoms with van der Waals surface area (Å²) in [5.41, 5.74) is 0. The normalized spacial score (nSPS) is 14.5. The Bertz CT molecular complexity index is 77.4. The fourth-order valence-corrected chi connectivity index (χ4v) is 0.856. The van der Waals surface area contributed by atoms with Crippen LogP contribution in [0.1, 0.15) is 40.5 Å². The summed E-state index contributed by atoms with van der Waals surface area (Å²) in [6.07, 6.45) is 14.0. The van der Waals surface area contributed by atoms with E-state index in [0.29, 0.717) is 0 Å². The average molecular weight is 335 g/mol.